The van der Waals surface area contributed by atoms with Gasteiger partial charge in [0, 0.05) is 0 Å². The van der Waals surface area contributed by atoms with E-state index in [0.29, 0.717) is 17.1 Å². The van der Waals surface area contributed by atoms with Crippen molar-refractivity contribution in [1.82, 2.24) is 5.32 Å². The van der Waals surface area contributed by atoms with Crippen LogP contribution in [0.25, 0.3) is 0 Å². The first kappa shape index (κ1) is 53.4. The molecule has 0 aromatic heterocycles. The van der Waals surface area contributed by atoms with Crippen LogP contribution in [0.2, 0.25) is 0 Å². The number of carbonyl (C=O) groups is 1. The lowest BCUT2D eigenvalue weighted by Crippen LogP contribution is -2.26. The molecule has 356 valence electrons. The molecule has 0 unspecified atom stereocenters. The molecule has 0 heterocycles. The van der Waals surface area contributed by atoms with Gasteiger partial charge in [0.15, 0.2) is 6.29 Å². The second kappa shape index (κ2) is 30.0. The van der Waals surface area contributed by atoms with Gasteiger partial charge in [-0.2, -0.15) is 0 Å². The molecule has 0 aliphatic rings. The molecule has 0 aliphatic carbocycles. The third-order valence-electron chi connectivity index (χ3n) is 11.9. The molecular formula is C61H72N2O3S2. The minimum atomic E-state index is -0.183. The molecule has 0 spiro atoms. The Morgan fingerprint density at radius 1 is 0.471 bits per heavy atom. The summed E-state index contributed by atoms with van der Waals surface area (Å²) in [4.78, 5) is 10.7. The van der Waals surface area contributed by atoms with Crippen molar-refractivity contribution in [1.29, 1.82) is 0 Å². The summed E-state index contributed by atoms with van der Waals surface area (Å²) in [7, 11) is 5.09. The quantitative estimate of drug-likeness (QED) is 0.0355. The first-order valence-corrected chi connectivity index (χ1v) is 26.1. The van der Waals surface area contributed by atoms with Crippen molar-refractivity contribution < 1.29 is 14.3 Å². The lowest BCUT2D eigenvalue weighted by Gasteiger charge is -2.35. The standard InChI is InChI=1S/C26H31NS.C25H29NS.C10H12O3/c1-27-21-13-2-3-14-22-28-26(23-15-7-4-8-16-23,24-17-9-5-10-18-24)25-19-11-6-12-20-25;26-20-12-1-2-13-21-27-25(22-14-6-3-7-15-22,23-16-8-4-9-17-23)24-18-10-5-11-19-24;1-7-4-9(12-2)8(6-11)10(5-7)13-3/h4-12,15-20,27H,2-3,13-14,21-22H2,1H3;3-11,14-19H,1-2,12-13,20-21,26H2;4-6H,1-3H3. The highest BCUT2D eigenvalue weighted by atomic mass is 32.2. The van der Waals surface area contributed by atoms with Gasteiger partial charge in [-0.1, -0.05) is 208 Å². The maximum absolute atomic E-state index is 10.7. The minimum Gasteiger partial charge on any atom is -0.496 e. The van der Waals surface area contributed by atoms with E-state index in [4.69, 9.17) is 15.2 Å². The fourth-order valence-corrected chi connectivity index (χ4v) is 11.7. The monoisotopic (exact) mass is 944 g/mol. The number of carbonyl (C=O) groups excluding carboxylic acids is 1. The van der Waals surface area contributed by atoms with Gasteiger partial charge in [-0.15, -0.1) is 23.5 Å². The maximum Gasteiger partial charge on any atom is 0.157 e. The van der Waals surface area contributed by atoms with Crippen LogP contribution in [-0.2, 0) is 9.49 Å². The van der Waals surface area contributed by atoms with Crippen LogP contribution in [0.15, 0.2) is 194 Å². The molecule has 0 bridgehead atoms. The summed E-state index contributed by atoms with van der Waals surface area (Å²) in [5, 5.41) is 3.24. The molecule has 0 atom stereocenters. The zero-order chi connectivity index (χ0) is 48.1. The van der Waals surface area contributed by atoms with E-state index in [2.05, 4.69) is 211 Å². The molecule has 68 heavy (non-hydrogen) atoms. The first-order chi connectivity index (χ1) is 33.5. The predicted molar refractivity (Wildman–Crippen MR) is 293 cm³/mol. The smallest absolute Gasteiger partial charge is 0.157 e. The Morgan fingerprint density at radius 3 is 1.03 bits per heavy atom. The summed E-state index contributed by atoms with van der Waals surface area (Å²) < 4.78 is 9.74. The van der Waals surface area contributed by atoms with E-state index in [-0.39, 0.29) is 9.49 Å². The number of benzene rings is 7. The van der Waals surface area contributed by atoms with Gasteiger partial charge in [0.05, 0.1) is 29.3 Å². The molecule has 0 amide bonds. The Hall–Kier alpha value is -5.57. The molecule has 7 rings (SSSR count). The number of aldehydes is 1. The van der Waals surface area contributed by atoms with Crippen LogP contribution in [0, 0.1) is 6.92 Å². The molecule has 0 aliphatic heterocycles. The molecular weight excluding hydrogens is 873 g/mol. The van der Waals surface area contributed by atoms with E-state index >= 15 is 0 Å². The summed E-state index contributed by atoms with van der Waals surface area (Å²) in [6.45, 7) is 3.84. The van der Waals surface area contributed by atoms with Gasteiger partial charge < -0.3 is 20.5 Å². The highest BCUT2D eigenvalue weighted by Gasteiger charge is 2.37. The summed E-state index contributed by atoms with van der Waals surface area (Å²) >= 11 is 4.13. The molecule has 0 fully saturated rings. The number of hydrogen-bond acceptors (Lipinski definition) is 7. The van der Waals surface area contributed by atoms with Crippen LogP contribution < -0.4 is 20.5 Å². The Balaban J connectivity index is 0.000000203. The van der Waals surface area contributed by atoms with Crippen LogP contribution in [0.3, 0.4) is 0 Å². The second-order valence-electron chi connectivity index (χ2n) is 16.7. The summed E-state index contributed by atoms with van der Waals surface area (Å²) in [5.41, 5.74) is 15.2. The average Bonchev–Trinajstić information content (AvgIpc) is 3.41. The lowest BCUT2D eigenvalue weighted by molar-refractivity contribution is 0.111. The van der Waals surface area contributed by atoms with Crippen LogP contribution in [0.4, 0.5) is 0 Å². The fourth-order valence-electron chi connectivity index (χ4n) is 8.53. The van der Waals surface area contributed by atoms with Gasteiger partial charge >= 0.3 is 0 Å². The topological polar surface area (TPSA) is 73.6 Å². The van der Waals surface area contributed by atoms with E-state index < -0.39 is 0 Å². The van der Waals surface area contributed by atoms with E-state index in [0.717, 1.165) is 42.9 Å². The Labute approximate surface area is 416 Å². The van der Waals surface area contributed by atoms with Gasteiger partial charge in [0.2, 0.25) is 0 Å². The van der Waals surface area contributed by atoms with Crippen LogP contribution in [0.5, 0.6) is 11.5 Å². The molecule has 0 radical (unpaired) electrons. The molecule has 5 nitrogen and oxygen atoms in total. The van der Waals surface area contributed by atoms with Crippen LogP contribution in [-0.4, -0.2) is 52.1 Å². The zero-order valence-corrected chi connectivity index (χ0v) is 42.3. The highest BCUT2D eigenvalue weighted by molar-refractivity contribution is 8.00. The van der Waals surface area contributed by atoms with Crippen molar-refractivity contribution >= 4 is 29.8 Å². The first-order valence-electron chi connectivity index (χ1n) is 24.1. The number of methoxy groups -OCH3 is 2. The number of nitrogens with two attached hydrogens (primary N) is 1. The van der Waals surface area contributed by atoms with Crippen molar-refractivity contribution in [2.45, 2.75) is 67.8 Å². The summed E-state index contributed by atoms with van der Waals surface area (Å²) in [6.07, 6.45) is 10.7. The fraction of sp³-hybridized carbons (Fsp3) is 0.295. The molecule has 7 aromatic rings. The Bertz CT molecular complexity index is 2190. The largest absolute Gasteiger partial charge is 0.496 e. The van der Waals surface area contributed by atoms with E-state index in [1.54, 1.807) is 12.1 Å². The van der Waals surface area contributed by atoms with Crippen molar-refractivity contribution in [3.05, 3.63) is 239 Å². The molecule has 0 saturated heterocycles. The maximum atomic E-state index is 10.7. The molecule has 3 N–H and O–H groups in total. The van der Waals surface area contributed by atoms with E-state index in [9.17, 15) is 4.79 Å². The normalized spacial score (nSPS) is 11.1. The number of unbranched alkanes of at least 4 members (excludes halogenated alkanes) is 6. The second-order valence-corrected chi connectivity index (χ2v) is 19.3. The Kier molecular flexibility index (Phi) is 23.6. The van der Waals surface area contributed by atoms with E-state index in [1.165, 1.54) is 92.5 Å². The number of ether oxygens (including phenoxy) is 2. The minimum absolute atomic E-state index is 0.172. The SMILES string of the molecule is CNCCCCCCSC(c1ccccc1)(c1ccccc1)c1ccccc1.COc1cc(C)cc(OC)c1C=O.NCCCCCCSC(c1ccccc1)(c1ccccc1)c1ccccc1. The van der Waals surface area contributed by atoms with E-state index in [1.807, 2.05) is 14.0 Å². The Morgan fingerprint density at radius 2 is 0.765 bits per heavy atom. The number of rotatable bonds is 24. The van der Waals surface area contributed by atoms with Gasteiger partial charge in [0.1, 0.15) is 11.5 Å². The molecule has 7 heteroatoms. The third-order valence-corrected chi connectivity index (χ3v) is 15.2. The summed E-state index contributed by atoms with van der Waals surface area (Å²) in [6, 6.07) is 69.3. The highest BCUT2D eigenvalue weighted by Crippen LogP contribution is 2.50. The van der Waals surface area contributed by atoms with Gasteiger partial charge in [-0.25, -0.2) is 0 Å². The number of thioether (sulfide) groups is 2. The van der Waals surface area contributed by atoms with Crippen molar-refractivity contribution in [3.63, 3.8) is 0 Å². The van der Waals surface area contributed by atoms with Crippen LogP contribution in [0.1, 0.15) is 101 Å². The van der Waals surface area contributed by atoms with Crippen molar-refractivity contribution in [2.24, 2.45) is 5.73 Å². The lowest BCUT2D eigenvalue weighted by atomic mass is 9.84. The average molecular weight is 945 g/mol. The predicted octanol–water partition coefficient (Wildman–Crippen LogP) is 14.5. The van der Waals surface area contributed by atoms with Gasteiger partial charge in [0.25, 0.3) is 0 Å². The van der Waals surface area contributed by atoms with Gasteiger partial charge in [-0.3, -0.25) is 4.79 Å². The molecule has 0 saturated carbocycles. The zero-order valence-electron chi connectivity index (χ0n) is 40.7. The number of hydrogen-bond donors (Lipinski definition) is 2. The number of nitrogens with one attached hydrogen (secondary N) is 1. The summed E-state index contributed by atoms with van der Waals surface area (Å²) in [5.74, 6) is 3.38. The van der Waals surface area contributed by atoms with Crippen molar-refractivity contribution in [3.8, 4) is 11.5 Å². The van der Waals surface area contributed by atoms with Crippen molar-refractivity contribution in [2.75, 3.05) is 45.9 Å². The number of aryl methyl sites for hydroxylation is 1. The molecule has 7 aromatic carbocycles. The van der Waals surface area contributed by atoms with Gasteiger partial charge in [-0.05, 0) is 115 Å². The third kappa shape index (κ3) is 15.0. The van der Waals surface area contributed by atoms with Crippen LogP contribution >= 0.6 is 23.5 Å².